The van der Waals surface area contributed by atoms with E-state index in [1.165, 1.54) is 5.56 Å². The number of cyclic esters (lactones) is 1. The minimum atomic E-state index is -0.327. The molecule has 3 heteroatoms. The zero-order valence-electron chi connectivity index (χ0n) is 10.9. The molecule has 1 aliphatic heterocycles. The van der Waals surface area contributed by atoms with E-state index in [0.717, 1.165) is 19.3 Å². The van der Waals surface area contributed by atoms with Gasteiger partial charge in [-0.05, 0) is 25.3 Å². The second-order valence-electron chi connectivity index (χ2n) is 5.07. The molecule has 98 valence electrons. The third kappa shape index (κ3) is 3.84. The second-order valence-corrected chi connectivity index (χ2v) is 5.07. The first-order valence-corrected chi connectivity index (χ1v) is 6.51. The number of hydrogen-bond donors (Lipinski definition) is 0. The van der Waals surface area contributed by atoms with Crippen LogP contribution in [0.1, 0.15) is 38.2 Å². The summed E-state index contributed by atoms with van der Waals surface area (Å²) in [7, 11) is 0. The molecule has 0 bridgehead atoms. The lowest BCUT2D eigenvalue weighted by molar-refractivity contribution is -0.167. The Bertz CT molecular complexity index is 388. The van der Waals surface area contributed by atoms with Crippen LogP contribution in [0.3, 0.4) is 0 Å². The molecule has 1 saturated heterocycles. The molecule has 0 aliphatic carbocycles. The Balaban J connectivity index is 1.70. The normalized spacial score (nSPS) is 23.7. The molecule has 0 N–H and O–H groups in total. The fourth-order valence-electron chi connectivity index (χ4n) is 2.21. The summed E-state index contributed by atoms with van der Waals surface area (Å²) < 4.78 is 11.0. The Morgan fingerprint density at radius 3 is 2.83 bits per heavy atom. The van der Waals surface area contributed by atoms with Gasteiger partial charge in [-0.25, -0.2) is 0 Å². The number of carbonyl (C=O) groups is 1. The average molecular weight is 248 g/mol. The first-order chi connectivity index (χ1) is 8.68. The summed E-state index contributed by atoms with van der Waals surface area (Å²) in [5.41, 5.74) is 0.842. The Labute approximate surface area is 108 Å². The first kappa shape index (κ1) is 13.1. The van der Waals surface area contributed by atoms with Crippen LogP contribution in [0.2, 0.25) is 0 Å². The Morgan fingerprint density at radius 1 is 1.33 bits per heavy atom. The van der Waals surface area contributed by atoms with E-state index in [9.17, 15) is 4.79 Å². The van der Waals surface area contributed by atoms with E-state index in [1.807, 2.05) is 37.3 Å². The van der Waals surface area contributed by atoms with Gasteiger partial charge in [0, 0.05) is 12.8 Å². The summed E-state index contributed by atoms with van der Waals surface area (Å²) in [5, 5.41) is 0. The van der Waals surface area contributed by atoms with Crippen LogP contribution in [0.15, 0.2) is 30.3 Å². The quantitative estimate of drug-likeness (QED) is 0.593. The van der Waals surface area contributed by atoms with Crippen molar-refractivity contribution in [3.63, 3.8) is 0 Å². The van der Waals surface area contributed by atoms with Gasteiger partial charge in [-0.3, -0.25) is 4.79 Å². The molecule has 1 aromatic rings. The molecule has 1 aromatic carbocycles. The number of esters is 1. The van der Waals surface area contributed by atoms with Crippen molar-refractivity contribution in [1.82, 2.24) is 0 Å². The third-order valence-electron chi connectivity index (χ3n) is 3.33. The predicted octanol–water partition coefficient (Wildman–Crippen LogP) is 3.08. The van der Waals surface area contributed by atoms with Gasteiger partial charge in [0.05, 0.1) is 13.2 Å². The highest BCUT2D eigenvalue weighted by Gasteiger charge is 2.32. The van der Waals surface area contributed by atoms with Gasteiger partial charge < -0.3 is 9.47 Å². The van der Waals surface area contributed by atoms with Gasteiger partial charge in [0.15, 0.2) is 0 Å². The van der Waals surface area contributed by atoms with Crippen molar-refractivity contribution in [1.29, 1.82) is 0 Å². The van der Waals surface area contributed by atoms with Crippen molar-refractivity contribution in [3.8, 4) is 0 Å². The maximum atomic E-state index is 11.3. The molecular formula is C15H20O3. The van der Waals surface area contributed by atoms with Crippen LogP contribution in [0.25, 0.3) is 0 Å². The van der Waals surface area contributed by atoms with Crippen molar-refractivity contribution in [2.24, 2.45) is 0 Å². The zero-order valence-corrected chi connectivity index (χ0v) is 10.9. The number of benzene rings is 1. The smallest absolute Gasteiger partial charge is 0.306 e. The van der Waals surface area contributed by atoms with E-state index >= 15 is 0 Å². The highest BCUT2D eigenvalue weighted by Crippen LogP contribution is 2.28. The highest BCUT2D eigenvalue weighted by atomic mass is 16.6. The molecule has 2 rings (SSSR count). The van der Waals surface area contributed by atoms with Crippen LogP contribution in [-0.4, -0.2) is 18.2 Å². The van der Waals surface area contributed by atoms with Gasteiger partial charge in [-0.1, -0.05) is 30.3 Å². The summed E-state index contributed by atoms with van der Waals surface area (Å²) in [5.74, 6) is -0.0770. The van der Waals surface area contributed by atoms with Crippen LogP contribution < -0.4 is 0 Å². The minimum Gasteiger partial charge on any atom is -0.459 e. The molecule has 1 fully saturated rings. The largest absolute Gasteiger partial charge is 0.459 e. The van der Waals surface area contributed by atoms with E-state index in [-0.39, 0.29) is 11.6 Å². The lowest BCUT2D eigenvalue weighted by Crippen LogP contribution is -2.36. The summed E-state index contributed by atoms with van der Waals surface area (Å²) in [6, 6.07) is 10.1. The Morgan fingerprint density at radius 2 is 2.11 bits per heavy atom. The molecule has 0 aromatic heterocycles. The van der Waals surface area contributed by atoms with Crippen LogP contribution in [-0.2, 0) is 20.9 Å². The molecule has 1 atom stereocenters. The second kappa shape index (κ2) is 6.01. The number of hydrogen-bond acceptors (Lipinski definition) is 3. The molecule has 1 heterocycles. The average Bonchev–Trinajstić information content (AvgIpc) is 2.36. The van der Waals surface area contributed by atoms with E-state index in [0.29, 0.717) is 19.6 Å². The predicted molar refractivity (Wildman–Crippen MR) is 69.1 cm³/mol. The molecule has 0 saturated carbocycles. The summed E-state index contributed by atoms with van der Waals surface area (Å²) >= 11 is 0. The van der Waals surface area contributed by atoms with Crippen molar-refractivity contribution in [2.45, 2.75) is 44.8 Å². The van der Waals surface area contributed by atoms with Gasteiger partial charge in [0.2, 0.25) is 0 Å². The standard InChI is InChI=1S/C15H20O3/c1-15(9-5-8-14(16)18-15)10-11-17-12-13-6-3-2-4-7-13/h2-4,6-7H,5,8-12H2,1H3/t15-/m1/s1. The fraction of sp³-hybridized carbons (Fsp3) is 0.533. The SMILES string of the molecule is C[C@]1(CCOCc2ccccc2)CCCC(=O)O1. The van der Waals surface area contributed by atoms with Crippen molar-refractivity contribution in [2.75, 3.05) is 6.61 Å². The van der Waals surface area contributed by atoms with Crippen LogP contribution in [0.5, 0.6) is 0 Å². The molecule has 1 aliphatic rings. The Hall–Kier alpha value is -1.35. The van der Waals surface area contributed by atoms with Gasteiger partial charge in [-0.2, -0.15) is 0 Å². The molecule has 18 heavy (non-hydrogen) atoms. The van der Waals surface area contributed by atoms with Gasteiger partial charge in [0.1, 0.15) is 5.60 Å². The summed E-state index contributed by atoms with van der Waals surface area (Å²) in [6.07, 6.45) is 3.19. The molecular weight excluding hydrogens is 228 g/mol. The molecule has 0 unspecified atom stereocenters. The zero-order chi connectivity index (χ0) is 12.8. The van der Waals surface area contributed by atoms with E-state index < -0.39 is 0 Å². The summed E-state index contributed by atoms with van der Waals surface area (Å²) in [6.45, 7) is 3.24. The van der Waals surface area contributed by atoms with Gasteiger partial charge in [0.25, 0.3) is 0 Å². The fourth-order valence-corrected chi connectivity index (χ4v) is 2.21. The molecule has 0 spiro atoms. The minimum absolute atomic E-state index is 0.0770. The van der Waals surface area contributed by atoms with Crippen molar-refractivity contribution >= 4 is 5.97 Å². The van der Waals surface area contributed by atoms with E-state index in [1.54, 1.807) is 0 Å². The Kier molecular flexibility index (Phi) is 4.37. The highest BCUT2D eigenvalue weighted by molar-refractivity contribution is 5.70. The van der Waals surface area contributed by atoms with Gasteiger partial charge >= 0.3 is 5.97 Å². The van der Waals surface area contributed by atoms with Gasteiger partial charge in [-0.15, -0.1) is 0 Å². The third-order valence-corrected chi connectivity index (χ3v) is 3.33. The lowest BCUT2D eigenvalue weighted by Gasteiger charge is -2.33. The topological polar surface area (TPSA) is 35.5 Å². The molecule has 0 radical (unpaired) electrons. The molecule has 3 nitrogen and oxygen atoms in total. The monoisotopic (exact) mass is 248 g/mol. The van der Waals surface area contributed by atoms with Crippen LogP contribution in [0, 0.1) is 0 Å². The van der Waals surface area contributed by atoms with E-state index in [4.69, 9.17) is 9.47 Å². The maximum Gasteiger partial charge on any atom is 0.306 e. The lowest BCUT2D eigenvalue weighted by atomic mass is 9.93. The van der Waals surface area contributed by atoms with E-state index in [2.05, 4.69) is 0 Å². The molecule has 0 amide bonds. The maximum absolute atomic E-state index is 11.3. The number of carbonyl (C=O) groups excluding carboxylic acids is 1. The summed E-state index contributed by atoms with van der Waals surface area (Å²) in [4.78, 5) is 11.3. The number of rotatable bonds is 5. The first-order valence-electron chi connectivity index (χ1n) is 6.51. The van der Waals surface area contributed by atoms with Crippen molar-refractivity contribution < 1.29 is 14.3 Å². The van der Waals surface area contributed by atoms with Crippen LogP contribution in [0.4, 0.5) is 0 Å². The van der Waals surface area contributed by atoms with Crippen LogP contribution >= 0.6 is 0 Å². The van der Waals surface area contributed by atoms with Crippen molar-refractivity contribution in [3.05, 3.63) is 35.9 Å². The number of ether oxygens (including phenoxy) is 2.